The molecule has 2 heterocycles. The first-order valence-corrected chi connectivity index (χ1v) is 12.7. The summed E-state index contributed by atoms with van der Waals surface area (Å²) in [7, 11) is 1.59. The molecule has 0 fully saturated rings. The summed E-state index contributed by atoms with van der Waals surface area (Å²) >= 11 is 1.66. The van der Waals surface area contributed by atoms with Gasteiger partial charge in [0.05, 0.1) is 19.0 Å². The monoisotopic (exact) mass is 501 g/mol. The number of rotatable bonds is 8. The molecule has 0 aliphatic carbocycles. The summed E-state index contributed by atoms with van der Waals surface area (Å²) < 4.78 is 5.08. The predicted octanol–water partition coefficient (Wildman–Crippen LogP) is 6.71. The lowest BCUT2D eigenvalue weighted by molar-refractivity contribution is 0.102. The molecule has 0 radical (unpaired) electrons. The van der Waals surface area contributed by atoms with Crippen LogP contribution in [-0.4, -0.2) is 28.2 Å². The molecular weight excluding hydrogens is 470 g/mol. The maximum atomic E-state index is 12.9. The number of H-pyrrole nitrogens is 1. The van der Waals surface area contributed by atoms with Crippen LogP contribution in [0.25, 0.3) is 0 Å². The molecule has 0 atom stereocenters. The first kappa shape index (κ1) is 25.3. The number of aromatic amines is 1. The van der Waals surface area contributed by atoms with Crippen molar-refractivity contribution >= 4 is 34.9 Å². The molecule has 7 nitrogen and oxygen atoms in total. The lowest BCUT2D eigenvalue weighted by Gasteiger charge is -2.22. The average Bonchev–Trinajstić information content (AvgIpc) is 3.30. The SMILES string of the molecule is COc1ccc(Nc2cc(CSc3cccc(NC(=O)c4ccc(C)c(C(C)(C)C)c4)c3)[nH]n2)cn1. The quantitative estimate of drug-likeness (QED) is 0.233. The van der Waals surface area contributed by atoms with Crippen molar-refractivity contribution in [1.29, 1.82) is 0 Å². The summed E-state index contributed by atoms with van der Waals surface area (Å²) in [4.78, 5) is 18.2. The Bertz CT molecular complexity index is 1340. The Morgan fingerprint density at radius 2 is 1.89 bits per heavy atom. The zero-order valence-electron chi connectivity index (χ0n) is 21.2. The Morgan fingerprint density at radius 3 is 2.61 bits per heavy atom. The number of ether oxygens (including phenoxy) is 1. The van der Waals surface area contributed by atoms with Gasteiger partial charge in [-0.25, -0.2) is 4.98 Å². The van der Waals surface area contributed by atoms with E-state index in [0.717, 1.165) is 22.0 Å². The minimum atomic E-state index is -0.111. The molecule has 1 amide bonds. The fourth-order valence-corrected chi connectivity index (χ4v) is 4.68. The van der Waals surface area contributed by atoms with Crippen molar-refractivity contribution in [3.8, 4) is 5.88 Å². The van der Waals surface area contributed by atoms with Gasteiger partial charge in [0.1, 0.15) is 0 Å². The number of aromatic nitrogens is 3. The third-order valence-electron chi connectivity index (χ3n) is 5.64. The highest BCUT2D eigenvalue weighted by atomic mass is 32.2. The van der Waals surface area contributed by atoms with Gasteiger partial charge >= 0.3 is 0 Å². The van der Waals surface area contributed by atoms with E-state index in [1.165, 1.54) is 11.1 Å². The second-order valence-electron chi connectivity index (χ2n) is 9.54. The smallest absolute Gasteiger partial charge is 0.255 e. The summed E-state index contributed by atoms with van der Waals surface area (Å²) in [5.41, 5.74) is 5.58. The van der Waals surface area contributed by atoms with Crippen molar-refractivity contribution in [2.24, 2.45) is 0 Å². The molecule has 36 heavy (non-hydrogen) atoms. The van der Waals surface area contributed by atoms with Crippen LogP contribution in [-0.2, 0) is 11.2 Å². The number of thioether (sulfide) groups is 1. The first-order chi connectivity index (χ1) is 17.2. The van der Waals surface area contributed by atoms with Gasteiger partial charge in [-0.05, 0) is 59.9 Å². The minimum Gasteiger partial charge on any atom is -0.481 e. The summed E-state index contributed by atoms with van der Waals surface area (Å²) in [6.45, 7) is 8.56. The van der Waals surface area contributed by atoms with E-state index in [2.05, 4.69) is 53.5 Å². The Kier molecular flexibility index (Phi) is 7.64. The Hall–Kier alpha value is -3.78. The lowest BCUT2D eigenvalue weighted by atomic mass is 9.83. The van der Waals surface area contributed by atoms with Crippen molar-refractivity contribution < 1.29 is 9.53 Å². The van der Waals surface area contributed by atoms with Gasteiger partial charge in [0.2, 0.25) is 5.88 Å². The van der Waals surface area contributed by atoms with Crippen molar-refractivity contribution in [2.45, 2.75) is 43.8 Å². The van der Waals surface area contributed by atoms with Gasteiger partial charge in [-0.1, -0.05) is 32.9 Å². The number of nitrogens with zero attached hydrogens (tertiary/aromatic N) is 2. The Morgan fingerprint density at radius 1 is 1.06 bits per heavy atom. The molecule has 186 valence electrons. The molecule has 0 unspecified atom stereocenters. The highest BCUT2D eigenvalue weighted by Crippen LogP contribution is 2.28. The van der Waals surface area contributed by atoms with E-state index < -0.39 is 0 Å². The number of hydrogen-bond donors (Lipinski definition) is 3. The van der Waals surface area contributed by atoms with Crippen molar-refractivity contribution in [3.05, 3.63) is 89.2 Å². The third-order valence-corrected chi connectivity index (χ3v) is 6.69. The van der Waals surface area contributed by atoms with Crippen LogP contribution in [0.2, 0.25) is 0 Å². The molecule has 8 heteroatoms. The maximum absolute atomic E-state index is 12.9. The van der Waals surface area contributed by atoms with Gasteiger partial charge < -0.3 is 15.4 Å². The van der Waals surface area contributed by atoms with Crippen molar-refractivity contribution in [1.82, 2.24) is 15.2 Å². The second-order valence-corrected chi connectivity index (χ2v) is 10.6. The minimum absolute atomic E-state index is 0.0233. The Balaban J connectivity index is 1.36. The van der Waals surface area contributed by atoms with Crippen LogP contribution >= 0.6 is 11.8 Å². The third kappa shape index (κ3) is 6.46. The number of hydrogen-bond acceptors (Lipinski definition) is 6. The Labute approximate surface area is 216 Å². The maximum Gasteiger partial charge on any atom is 0.255 e. The largest absolute Gasteiger partial charge is 0.481 e. The summed E-state index contributed by atoms with van der Waals surface area (Å²) in [5, 5.41) is 13.6. The molecule has 4 aromatic rings. The van der Waals surface area contributed by atoms with Crippen LogP contribution in [0, 0.1) is 6.92 Å². The van der Waals surface area contributed by atoms with Gasteiger partial charge in [-0.2, -0.15) is 5.10 Å². The topological polar surface area (TPSA) is 91.9 Å². The number of anilines is 3. The number of amides is 1. The van der Waals surface area contributed by atoms with E-state index in [1.54, 1.807) is 31.1 Å². The molecule has 0 aliphatic heterocycles. The van der Waals surface area contributed by atoms with Crippen LogP contribution in [0.4, 0.5) is 17.2 Å². The molecule has 3 N–H and O–H groups in total. The van der Waals surface area contributed by atoms with Gasteiger partial charge in [-0.3, -0.25) is 9.89 Å². The van der Waals surface area contributed by atoms with Gasteiger partial charge in [0.15, 0.2) is 5.82 Å². The van der Waals surface area contributed by atoms with Gasteiger partial charge in [-0.15, -0.1) is 11.8 Å². The van der Waals surface area contributed by atoms with Crippen LogP contribution in [0.5, 0.6) is 5.88 Å². The standard InChI is InChI=1S/C28H31N5O2S/c1-18-9-10-19(13-24(18)28(2,3)4)27(34)31-20-7-6-8-23(14-20)36-17-22-15-25(33-32-22)30-21-11-12-26(35-5)29-16-21/h6-16H,17H2,1-5H3,(H,31,34)(H2,30,32,33). The number of pyridine rings is 1. The fraction of sp³-hybridized carbons (Fsp3) is 0.250. The molecule has 2 aromatic carbocycles. The molecule has 0 bridgehead atoms. The number of nitrogens with one attached hydrogen (secondary N) is 3. The van der Waals surface area contributed by atoms with Gasteiger partial charge in [0, 0.05) is 39.7 Å². The number of carbonyl (C=O) groups is 1. The number of methoxy groups -OCH3 is 1. The van der Waals surface area contributed by atoms with Crippen LogP contribution in [0.3, 0.4) is 0 Å². The van der Waals surface area contributed by atoms with Crippen LogP contribution in [0.15, 0.2) is 71.8 Å². The van der Waals surface area contributed by atoms with E-state index >= 15 is 0 Å². The van der Waals surface area contributed by atoms with Crippen LogP contribution in [0.1, 0.15) is 48.0 Å². The van der Waals surface area contributed by atoms with Crippen molar-refractivity contribution in [3.63, 3.8) is 0 Å². The summed E-state index contributed by atoms with van der Waals surface area (Å²) in [6.07, 6.45) is 1.70. The highest BCUT2D eigenvalue weighted by Gasteiger charge is 2.18. The van der Waals surface area contributed by atoms with E-state index in [9.17, 15) is 4.79 Å². The van der Waals surface area contributed by atoms with E-state index in [4.69, 9.17) is 4.74 Å². The molecule has 0 spiro atoms. The van der Waals surface area contributed by atoms with Crippen LogP contribution < -0.4 is 15.4 Å². The molecule has 0 saturated carbocycles. The normalized spacial score (nSPS) is 11.2. The van der Waals surface area contributed by atoms with E-state index in [-0.39, 0.29) is 11.3 Å². The number of carbonyl (C=O) groups excluding carboxylic acids is 1. The molecule has 2 aromatic heterocycles. The summed E-state index contributed by atoms with van der Waals surface area (Å²) in [5.74, 6) is 1.87. The molecule has 4 rings (SSSR count). The predicted molar refractivity (Wildman–Crippen MR) is 146 cm³/mol. The number of benzene rings is 2. The molecule has 0 aliphatic rings. The number of aryl methyl sites for hydroxylation is 1. The van der Waals surface area contributed by atoms with E-state index in [0.29, 0.717) is 23.0 Å². The van der Waals surface area contributed by atoms with Crippen molar-refractivity contribution in [2.75, 3.05) is 17.7 Å². The molecule has 0 saturated heterocycles. The lowest BCUT2D eigenvalue weighted by Crippen LogP contribution is -2.17. The average molecular weight is 502 g/mol. The van der Waals surface area contributed by atoms with E-state index in [1.807, 2.05) is 54.6 Å². The second kappa shape index (κ2) is 10.9. The zero-order valence-corrected chi connectivity index (χ0v) is 22.0. The summed E-state index contributed by atoms with van der Waals surface area (Å²) in [6, 6.07) is 19.4. The zero-order chi connectivity index (χ0) is 25.7. The molecular formula is C28H31N5O2S. The van der Waals surface area contributed by atoms with Gasteiger partial charge in [0.25, 0.3) is 5.91 Å². The fourth-order valence-electron chi connectivity index (χ4n) is 3.82. The highest BCUT2D eigenvalue weighted by molar-refractivity contribution is 7.98. The first-order valence-electron chi connectivity index (χ1n) is 11.7.